The van der Waals surface area contributed by atoms with E-state index in [1.807, 2.05) is 26.8 Å². The van der Waals surface area contributed by atoms with Crippen LogP contribution in [0, 0.1) is 98.8 Å². The van der Waals surface area contributed by atoms with Crippen LogP contribution in [0.3, 0.4) is 0 Å². The molecule has 6 rings (SSSR count). The summed E-state index contributed by atoms with van der Waals surface area (Å²) < 4.78 is 0. The zero-order chi connectivity index (χ0) is 43.2. The van der Waals surface area contributed by atoms with E-state index in [2.05, 4.69) is 140 Å². The molecule has 0 atom stereocenters. The Hall–Kier alpha value is -5.70. The SMILES string of the molecule is Cc1cc(-c2ccc(-c3ccc(CCCCCCCCCc4ccc(-c5ccc(-c6cc(C)c(C#N)c(C)c6)c(C)c5C)c(C)c4C)c(C)c3C)c(C)c2C)ccc1C#N. The fourth-order valence-electron chi connectivity index (χ4n) is 9.50. The Labute approximate surface area is 362 Å². The summed E-state index contributed by atoms with van der Waals surface area (Å²) in [6.07, 6.45) is 11.3. The van der Waals surface area contributed by atoms with Gasteiger partial charge in [-0.1, -0.05) is 105 Å². The van der Waals surface area contributed by atoms with E-state index >= 15 is 0 Å². The normalized spacial score (nSPS) is 11.2. The van der Waals surface area contributed by atoms with Gasteiger partial charge in [0.15, 0.2) is 0 Å². The molecule has 6 aromatic carbocycles. The summed E-state index contributed by atoms with van der Waals surface area (Å²) in [4.78, 5) is 0. The molecule has 0 aliphatic carbocycles. The van der Waals surface area contributed by atoms with Gasteiger partial charge in [-0.05, 0) is 225 Å². The van der Waals surface area contributed by atoms with Crippen molar-refractivity contribution in [1.82, 2.24) is 0 Å². The average Bonchev–Trinajstić information content (AvgIpc) is 3.22. The highest BCUT2D eigenvalue weighted by Gasteiger charge is 2.17. The van der Waals surface area contributed by atoms with Crippen molar-refractivity contribution < 1.29 is 0 Å². The molecule has 0 spiro atoms. The molecular formula is C58H64N2. The second-order valence-electron chi connectivity index (χ2n) is 17.6. The van der Waals surface area contributed by atoms with Crippen molar-refractivity contribution in [3.05, 3.63) is 162 Å². The fourth-order valence-corrected chi connectivity index (χ4v) is 9.50. The minimum absolute atomic E-state index is 0.739. The van der Waals surface area contributed by atoms with Gasteiger partial charge in [-0.25, -0.2) is 0 Å². The van der Waals surface area contributed by atoms with Crippen LogP contribution in [0.2, 0.25) is 0 Å². The van der Waals surface area contributed by atoms with Crippen LogP contribution in [-0.4, -0.2) is 0 Å². The van der Waals surface area contributed by atoms with Gasteiger partial charge in [0.1, 0.15) is 0 Å². The number of hydrogen-bond donors (Lipinski definition) is 0. The van der Waals surface area contributed by atoms with Crippen molar-refractivity contribution in [2.45, 2.75) is 134 Å². The van der Waals surface area contributed by atoms with E-state index < -0.39 is 0 Å². The summed E-state index contributed by atoms with van der Waals surface area (Å²) in [5.74, 6) is 0. The van der Waals surface area contributed by atoms with Crippen LogP contribution in [0.4, 0.5) is 0 Å². The molecule has 2 heteroatoms. The van der Waals surface area contributed by atoms with Gasteiger partial charge in [-0.3, -0.25) is 0 Å². The van der Waals surface area contributed by atoms with Crippen molar-refractivity contribution in [2.24, 2.45) is 0 Å². The number of aryl methyl sites for hydroxylation is 5. The highest BCUT2D eigenvalue weighted by molar-refractivity contribution is 5.81. The zero-order valence-corrected chi connectivity index (χ0v) is 38.3. The Morgan fingerprint density at radius 3 is 1.10 bits per heavy atom. The third-order valence-electron chi connectivity index (χ3n) is 14.0. The van der Waals surface area contributed by atoms with Crippen molar-refractivity contribution in [2.75, 3.05) is 0 Å². The number of hydrogen-bond acceptors (Lipinski definition) is 2. The molecule has 60 heavy (non-hydrogen) atoms. The van der Waals surface area contributed by atoms with Crippen LogP contribution in [0.1, 0.15) is 128 Å². The molecule has 0 aliphatic heterocycles. The van der Waals surface area contributed by atoms with E-state index in [4.69, 9.17) is 0 Å². The molecular weight excluding hydrogens is 725 g/mol. The Morgan fingerprint density at radius 1 is 0.333 bits per heavy atom. The van der Waals surface area contributed by atoms with Gasteiger partial charge in [0, 0.05) is 0 Å². The maximum Gasteiger partial charge on any atom is 0.0997 e. The summed E-state index contributed by atoms with van der Waals surface area (Å²) in [6.45, 7) is 24.3. The summed E-state index contributed by atoms with van der Waals surface area (Å²) in [6, 6.07) is 33.7. The van der Waals surface area contributed by atoms with E-state index in [9.17, 15) is 10.5 Å². The molecule has 0 aromatic heterocycles. The zero-order valence-electron chi connectivity index (χ0n) is 38.3. The third kappa shape index (κ3) is 9.05. The lowest BCUT2D eigenvalue weighted by Crippen LogP contribution is -1.99. The molecule has 6 aromatic rings. The summed E-state index contributed by atoms with van der Waals surface area (Å²) in [5.41, 5.74) is 28.6. The van der Waals surface area contributed by atoms with E-state index in [1.165, 1.54) is 145 Å². The van der Waals surface area contributed by atoms with Gasteiger partial charge in [0.05, 0.1) is 23.3 Å². The molecule has 0 saturated heterocycles. The first kappa shape index (κ1) is 43.9. The second-order valence-corrected chi connectivity index (χ2v) is 17.6. The summed E-state index contributed by atoms with van der Waals surface area (Å²) >= 11 is 0. The van der Waals surface area contributed by atoms with Gasteiger partial charge < -0.3 is 0 Å². The van der Waals surface area contributed by atoms with Crippen molar-refractivity contribution in [1.29, 1.82) is 10.5 Å². The predicted octanol–water partition coefficient (Wildman–Crippen LogP) is 16.0. The first-order valence-corrected chi connectivity index (χ1v) is 22.2. The number of nitrogens with zero attached hydrogens (tertiary/aromatic N) is 2. The molecule has 0 N–H and O–H groups in total. The molecule has 0 amide bonds. The monoisotopic (exact) mass is 789 g/mol. The molecule has 2 nitrogen and oxygen atoms in total. The van der Waals surface area contributed by atoms with Gasteiger partial charge in [-0.15, -0.1) is 0 Å². The van der Waals surface area contributed by atoms with Crippen LogP contribution < -0.4 is 0 Å². The molecule has 0 saturated carbocycles. The lowest BCUT2D eigenvalue weighted by Gasteiger charge is -2.19. The molecule has 0 radical (unpaired) electrons. The van der Waals surface area contributed by atoms with Crippen LogP contribution in [0.15, 0.2) is 78.9 Å². The number of rotatable bonds is 14. The molecule has 0 bridgehead atoms. The smallest absolute Gasteiger partial charge is 0.0997 e. The lowest BCUT2D eigenvalue weighted by atomic mass is 9.86. The quantitative estimate of drug-likeness (QED) is 0.103. The Balaban J connectivity index is 0.970. The highest BCUT2D eigenvalue weighted by atomic mass is 14.3. The maximum absolute atomic E-state index is 9.56. The molecule has 0 unspecified atom stereocenters. The Morgan fingerprint density at radius 2 is 0.683 bits per heavy atom. The van der Waals surface area contributed by atoms with Crippen LogP contribution >= 0.6 is 0 Å². The Kier molecular flexibility index (Phi) is 14.0. The van der Waals surface area contributed by atoms with Crippen molar-refractivity contribution in [3.63, 3.8) is 0 Å². The Bertz CT molecular complexity index is 2630. The topological polar surface area (TPSA) is 47.6 Å². The van der Waals surface area contributed by atoms with Gasteiger partial charge >= 0.3 is 0 Å². The van der Waals surface area contributed by atoms with E-state index in [0.717, 1.165) is 40.7 Å². The number of benzene rings is 6. The van der Waals surface area contributed by atoms with Crippen LogP contribution in [0.5, 0.6) is 0 Å². The third-order valence-corrected chi connectivity index (χ3v) is 14.0. The maximum atomic E-state index is 9.56. The van der Waals surface area contributed by atoms with E-state index in [0.29, 0.717) is 0 Å². The highest BCUT2D eigenvalue weighted by Crippen LogP contribution is 2.38. The largest absolute Gasteiger partial charge is 0.192 e. The van der Waals surface area contributed by atoms with Crippen molar-refractivity contribution in [3.8, 4) is 56.6 Å². The van der Waals surface area contributed by atoms with Gasteiger partial charge in [0.25, 0.3) is 0 Å². The minimum Gasteiger partial charge on any atom is -0.192 e. The predicted molar refractivity (Wildman–Crippen MR) is 256 cm³/mol. The first-order chi connectivity index (χ1) is 28.8. The minimum atomic E-state index is 0.739. The number of nitriles is 2. The van der Waals surface area contributed by atoms with Gasteiger partial charge in [0.2, 0.25) is 0 Å². The first-order valence-electron chi connectivity index (χ1n) is 22.2. The van der Waals surface area contributed by atoms with E-state index in [1.54, 1.807) is 0 Å². The molecule has 306 valence electrons. The number of unbranched alkanes of at least 4 members (excludes halogenated alkanes) is 6. The molecule has 0 heterocycles. The average molecular weight is 789 g/mol. The fraction of sp³-hybridized carbons (Fsp3) is 0.345. The van der Waals surface area contributed by atoms with Crippen LogP contribution in [-0.2, 0) is 12.8 Å². The summed E-state index contributed by atoms with van der Waals surface area (Å²) in [7, 11) is 0. The standard InChI is InChI=1S/C58H64N2/c1-36-31-49(21-22-50(36)34-59)52-27-29-56(45(10)43(52)8)54-25-23-47(39(4)41(54)6)19-17-15-13-12-14-16-18-20-48-24-26-55(42(7)40(48)5)57-30-28-53(44(9)46(57)11)51-32-37(2)58(35-60)38(3)33-51/h21-33H,12-20H2,1-11H3. The second kappa shape index (κ2) is 19.1. The van der Waals surface area contributed by atoms with E-state index in [-0.39, 0.29) is 0 Å². The summed E-state index contributed by atoms with van der Waals surface area (Å²) in [5, 5.41) is 18.9. The molecule has 0 aliphatic rings. The molecule has 0 fully saturated rings. The van der Waals surface area contributed by atoms with Crippen LogP contribution in [0.25, 0.3) is 44.5 Å². The van der Waals surface area contributed by atoms with Gasteiger partial charge in [-0.2, -0.15) is 10.5 Å². The van der Waals surface area contributed by atoms with Crippen molar-refractivity contribution >= 4 is 0 Å². The lowest BCUT2D eigenvalue weighted by molar-refractivity contribution is 0.578.